The fourth-order valence-electron chi connectivity index (χ4n) is 3.78. The Balaban J connectivity index is 1.23. The predicted molar refractivity (Wildman–Crippen MR) is 93.2 cm³/mol. The summed E-state index contributed by atoms with van der Waals surface area (Å²) in [6, 6.07) is 3.65. The van der Waals surface area contributed by atoms with E-state index in [1.807, 2.05) is 28.8 Å². The molecule has 0 unspecified atom stereocenters. The molecular formula is C18H24N2O3S. The van der Waals surface area contributed by atoms with Gasteiger partial charge in [-0.2, -0.15) is 0 Å². The van der Waals surface area contributed by atoms with E-state index in [9.17, 15) is 4.79 Å². The van der Waals surface area contributed by atoms with Gasteiger partial charge in [0.1, 0.15) is 0 Å². The van der Waals surface area contributed by atoms with Crippen molar-refractivity contribution in [1.82, 2.24) is 9.88 Å². The number of nitrogens with zero attached hydrogens (tertiary/aromatic N) is 2. The van der Waals surface area contributed by atoms with E-state index in [4.69, 9.17) is 9.47 Å². The molecule has 1 aromatic rings. The average molecular weight is 348 g/mol. The van der Waals surface area contributed by atoms with Crippen LogP contribution in [0.4, 0.5) is 0 Å². The van der Waals surface area contributed by atoms with E-state index in [-0.39, 0.29) is 10.7 Å². The smallest absolute Gasteiger partial charge is 0.255 e. The minimum absolute atomic E-state index is 0.0981. The zero-order valence-electron chi connectivity index (χ0n) is 13.9. The number of pyridine rings is 1. The number of rotatable bonds is 4. The summed E-state index contributed by atoms with van der Waals surface area (Å²) < 4.78 is 11.8. The van der Waals surface area contributed by atoms with E-state index < -0.39 is 0 Å². The number of hydrogen-bond donors (Lipinski definition) is 0. The summed E-state index contributed by atoms with van der Waals surface area (Å²) in [6.07, 6.45) is 7.00. The van der Waals surface area contributed by atoms with E-state index in [0.717, 1.165) is 57.9 Å². The topological polar surface area (TPSA) is 51.7 Å². The summed E-state index contributed by atoms with van der Waals surface area (Å²) in [6.45, 7) is 4.29. The first kappa shape index (κ1) is 16.4. The number of carbonyl (C=O) groups is 1. The monoisotopic (exact) mass is 348 g/mol. The van der Waals surface area contributed by atoms with Crippen LogP contribution < -0.4 is 0 Å². The number of carbonyl (C=O) groups excluding carboxylic acids is 1. The third kappa shape index (κ3) is 3.46. The van der Waals surface area contributed by atoms with Gasteiger partial charge in [-0.05, 0) is 37.3 Å². The lowest BCUT2D eigenvalue weighted by molar-refractivity contribution is -0.0118. The van der Waals surface area contributed by atoms with Crippen molar-refractivity contribution < 1.29 is 14.3 Å². The van der Waals surface area contributed by atoms with Crippen LogP contribution in [0.15, 0.2) is 24.5 Å². The van der Waals surface area contributed by atoms with Crippen LogP contribution >= 0.6 is 11.8 Å². The number of amides is 1. The third-order valence-corrected chi connectivity index (χ3v) is 6.81. The van der Waals surface area contributed by atoms with Gasteiger partial charge in [0.25, 0.3) is 5.91 Å². The van der Waals surface area contributed by atoms with E-state index >= 15 is 0 Å². The van der Waals surface area contributed by atoms with Gasteiger partial charge in [0.2, 0.25) is 0 Å². The molecule has 0 aliphatic carbocycles. The first-order valence-corrected chi connectivity index (χ1v) is 9.75. The van der Waals surface area contributed by atoms with E-state index in [2.05, 4.69) is 4.98 Å². The average Bonchev–Trinajstić information content (AvgIpc) is 3.04. The first-order valence-electron chi connectivity index (χ1n) is 8.77. The molecule has 1 atom stereocenters. The summed E-state index contributed by atoms with van der Waals surface area (Å²) in [5, 5.41) is 0. The van der Waals surface area contributed by atoms with Gasteiger partial charge in [0, 0.05) is 51.1 Å². The zero-order valence-corrected chi connectivity index (χ0v) is 14.7. The lowest BCUT2D eigenvalue weighted by atomic mass is 9.92. The normalized spacial score (nSPS) is 26.5. The fraction of sp³-hybridized carbons (Fsp3) is 0.667. The van der Waals surface area contributed by atoms with Crippen molar-refractivity contribution in [2.45, 2.75) is 30.1 Å². The summed E-state index contributed by atoms with van der Waals surface area (Å²) in [5.41, 5.74) is 0.683. The predicted octanol–water partition coefficient (Wildman–Crippen LogP) is 2.22. The SMILES string of the molecule is O=C(c1cccnc1)N1CC2(C[C@@H](OCC3CCOCC3)CS2)C1. The number of ether oxygens (including phenoxy) is 2. The maximum atomic E-state index is 12.4. The second-order valence-electron chi connectivity index (χ2n) is 7.11. The molecule has 1 aromatic heterocycles. The molecule has 6 heteroatoms. The minimum Gasteiger partial charge on any atom is -0.381 e. The Kier molecular flexibility index (Phi) is 4.79. The minimum atomic E-state index is 0.0981. The molecule has 130 valence electrons. The molecule has 3 aliphatic rings. The number of aromatic nitrogens is 1. The van der Waals surface area contributed by atoms with Crippen molar-refractivity contribution in [2.75, 3.05) is 38.7 Å². The van der Waals surface area contributed by atoms with Crippen LogP contribution in [0.3, 0.4) is 0 Å². The van der Waals surface area contributed by atoms with Crippen molar-refractivity contribution in [3.8, 4) is 0 Å². The second-order valence-corrected chi connectivity index (χ2v) is 8.60. The molecule has 3 aliphatic heterocycles. The van der Waals surface area contributed by atoms with Crippen molar-refractivity contribution in [1.29, 1.82) is 0 Å². The lowest BCUT2D eigenvalue weighted by Crippen LogP contribution is -2.60. The summed E-state index contributed by atoms with van der Waals surface area (Å²) >= 11 is 1.98. The molecule has 0 N–H and O–H groups in total. The fourth-order valence-corrected chi connectivity index (χ4v) is 5.33. The zero-order chi connectivity index (χ0) is 16.4. The number of thioether (sulfide) groups is 1. The summed E-state index contributed by atoms with van der Waals surface area (Å²) in [7, 11) is 0. The van der Waals surface area contributed by atoms with Crippen LogP contribution in [0.25, 0.3) is 0 Å². The Morgan fingerprint density at radius 3 is 3.00 bits per heavy atom. The summed E-state index contributed by atoms with van der Waals surface area (Å²) in [5.74, 6) is 1.81. The molecule has 4 heterocycles. The highest BCUT2D eigenvalue weighted by atomic mass is 32.2. The summed E-state index contributed by atoms with van der Waals surface area (Å²) in [4.78, 5) is 18.4. The van der Waals surface area contributed by atoms with Gasteiger partial charge >= 0.3 is 0 Å². The lowest BCUT2D eigenvalue weighted by Gasteiger charge is -2.47. The Hall–Kier alpha value is -1.11. The largest absolute Gasteiger partial charge is 0.381 e. The van der Waals surface area contributed by atoms with Crippen LogP contribution in [0.1, 0.15) is 29.6 Å². The molecule has 0 radical (unpaired) electrons. The highest BCUT2D eigenvalue weighted by Gasteiger charge is 2.51. The van der Waals surface area contributed by atoms with Gasteiger partial charge in [-0.1, -0.05) is 0 Å². The number of likely N-dealkylation sites (tertiary alicyclic amines) is 1. The Morgan fingerprint density at radius 2 is 2.25 bits per heavy atom. The maximum Gasteiger partial charge on any atom is 0.255 e. The molecule has 1 amide bonds. The van der Waals surface area contributed by atoms with Gasteiger partial charge in [0.15, 0.2) is 0 Å². The van der Waals surface area contributed by atoms with Crippen LogP contribution in [0.5, 0.6) is 0 Å². The quantitative estimate of drug-likeness (QED) is 0.835. The van der Waals surface area contributed by atoms with Crippen molar-refractivity contribution in [2.24, 2.45) is 5.92 Å². The Morgan fingerprint density at radius 1 is 1.42 bits per heavy atom. The molecular weight excluding hydrogens is 324 g/mol. The second kappa shape index (κ2) is 7.02. The molecule has 0 bridgehead atoms. The third-order valence-electron chi connectivity index (χ3n) is 5.24. The Bertz CT molecular complexity index is 571. The molecule has 3 saturated heterocycles. The van der Waals surface area contributed by atoms with Gasteiger partial charge < -0.3 is 14.4 Å². The highest BCUT2D eigenvalue weighted by molar-refractivity contribution is 8.01. The van der Waals surface area contributed by atoms with E-state index in [0.29, 0.717) is 17.6 Å². The standard InChI is InChI=1S/C18H24N2O3S/c21-17(15-2-1-5-19-9-15)20-12-18(13-20)8-16(11-24-18)23-10-14-3-6-22-7-4-14/h1-2,5,9,14,16H,3-4,6-8,10-13H2/t16-/m1/s1. The number of hydrogen-bond acceptors (Lipinski definition) is 5. The molecule has 3 fully saturated rings. The molecule has 1 spiro atoms. The van der Waals surface area contributed by atoms with E-state index in [1.54, 1.807) is 12.4 Å². The van der Waals surface area contributed by atoms with Crippen LogP contribution in [-0.2, 0) is 9.47 Å². The van der Waals surface area contributed by atoms with Crippen molar-refractivity contribution in [3.05, 3.63) is 30.1 Å². The molecule has 24 heavy (non-hydrogen) atoms. The molecule has 0 aromatic carbocycles. The highest BCUT2D eigenvalue weighted by Crippen LogP contribution is 2.46. The van der Waals surface area contributed by atoms with E-state index in [1.165, 1.54) is 0 Å². The van der Waals surface area contributed by atoms with Crippen LogP contribution in [0.2, 0.25) is 0 Å². The molecule has 4 rings (SSSR count). The van der Waals surface area contributed by atoms with Gasteiger partial charge in [0.05, 0.1) is 16.4 Å². The molecule has 5 nitrogen and oxygen atoms in total. The van der Waals surface area contributed by atoms with Gasteiger partial charge in [-0.25, -0.2) is 0 Å². The first-order chi connectivity index (χ1) is 11.7. The van der Waals surface area contributed by atoms with Crippen LogP contribution in [0, 0.1) is 5.92 Å². The molecule has 0 saturated carbocycles. The Labute approximate surface area is 147 Å². The van der Waals surface area contributed by atoms with Crippen molar-refractivity contribution >= 4 is 17.7 Å². The van der Waals surface area contributed by atoms with Gasteiger partial charge in [-0.3, -0.25) is 9.78 Å². The maximum absolute atomic E-state index is 12.4. The van der Waals surface area contributed by atoms with Crippen molar-refractivity contribution in [3.63, 3.8) is 0 Å². The van der Waals surface area contributed by atoms with Gasteiger partial charge in [-0.15, -0.1) is 11.8 Å². The van der Waals surface area contributed by atoms with Crippen LogP contribution in [-0.4, -0.2) is 65.3 Å².